The van der Waals surface area contributed by atoms with E-state index in [0.717, 1.165) is 66.7 Å². The van der Waals surface area contributed by atoms with Crippen molar-refractivity contribution in [1.82, 2.24) is 14.5 Å². The van der Waals surface area contributed by atoms with Crippen molar-refractivity contribution in [2.24, 2.45) is 11.8 Å². The summed E-state index contributed by atoms with van der Waals surface area (Å²) in [5.41, 5.74) is 3.26. The third kappa shape index (κ3) is 4.28. The molecule has 0 N–H and O–H groups in total. The summed E-state index contributed by atoms with van der Waals surface area (Å²) >= 11 is 0. The van der Waals surface area contributed by atoms with Crippen LogP contribution >= 0.6 is 0 Å². The summed E-state index contributed by atoms with van der Waals surface area (Å²) in [5.74, 6) is -0.586. The molecule has 1 aromatic carbocycles. The van der Waals surface area contributed by atoms with Crippen LogP contribution < -0.4 is 0 Å². The monoisotopic (exact) mass is 451 g/mol. The molecule has 7 heteroatoms. The van der Waals surface area contributed by atoms with Crippen molar-refractivity contribution >= 4 is 23.2 Å². The Hall–Kier alpha value is -3.09. The van der Waals surface area contributed by atoms with Crippen LogP contribution in [0.2, 0.25) is 0 Å². The molecule has 2 aliphatic rings. The van der Waals surface area contributed by atoms with Crippen LogP contribution in [0.1, 0.15) is 48.9 Å². The number of fused-ring (bicyclic) bond motifs is 3. The number of pyridine rings is 1. The van der Waals surface area contributed by atoms with Crippen molar-refractivity contribution in [3.63, 3.8) is 0 Å². The molecule has 5 nitrogen and oxygen atoms in total. The lowest BCUT2D eigenvalue weighted by molar-refractivity contribution is -0.133. The van der Waals surface area contributed by atoms with Gasteiger partial charge in [0.1, 0.15) is 23.6 Å². The number of nitrogens with zero attached hydrogens (tertiary/aromatic N) is 3. The second-order valence-electron chi connectivity index (χ2n) is 9.31. The van der Waals surface area contributed by atoms with Crippen LogP contribution in [-0.4, -0.2) is 33.2 Å². The highest BCUT2D eigenvalue weighted by molar-refractivity contribution is 5.84. The number of amides is 1. The smallest absolute Gasteiger partial charge is 0.223 e. The number of carbonyl (C=O) groups is 2. The van der Waals surface area contributed by atoms with Crippen molar-refractivity contribution in [2.45, 2.75) is 51.6 Å². The molecule has 0 atom stereocenters. The van der Waals surface area contributed by atoms with Gasteiger partial charge in [-0.25, -0.2) is 13.8 Å². The largest absolute Gasteiger partial charge is 0.337 e. The fraction of sp³-hybridized carbons (Fsp3) is 0.423. The van der Waals surface area contributed by atoms with Gasteiger partial charge in [0.05, 0.1) is 13.1 Å². The summed E-state index contributed by atoms with van der Waals surface area (Å²) in [6.07, 6.45) is 7.56. The summed E-state index contributed by atoms with van der Waals surface area (Å²) in [7, 11) is 0. The Bertz CT molecular complexity index is 1200. The van der Waals surface area contributed by atoms with Crippen LogP contribution in [0.15, 0.2) is 36.5 Å². The molecule has 172 valence electrons. The highest BCUT2D eigenvalue weighted by atomic mass is 19.1. The third-order valence-corrected chi connectivity index (χ3v) is 7.26. The first-order chi connectivity index (χ1) is 16.0. The molecular formula is C26H27F2N3O2. The predicted molar refractivity (Wildman–Crippen MR) is 120 cm³/mol. The van der Waals surface area contributed by atoms with E-state index in [1.54, 1.807) is 6.20 Å². The van der Waals surface area contributed by atoms with Crippen molar-refractivity contribution in [3.05, 3.63) is 65.0 Å². The zero-order chi connectivity index (χ0) is 22.9. The van der Waals surface area contributed by atoms with E-state index < -0.39 is 11.6 Å². The molecule has 1 saturated carbocycles. The van der Waals surface area contributed by atoms with Gasteiger partial charge in [0.2, 0.25) is 5.91 Å². The van der Waals surface area contributed by atoms with Gasteiger partial charge < -0.3 is 14.3 Å². The topological polar surface area (TPSA) is 55.2 Å². The van der Waals surface area contributed by atoms with E-state index in [0.29, 0.717) is 31.0 Å². The van der Waals surface area contributed by atoms with Gasteiger partial charge in [0, 0.05) is 47.8 Å². The number of carbonyl (C=O) groups excluding carboxylic acids is 2. The lowest BCUT2D eigenvalue weighted by Gasteiger charge is -2.31. The number of aldehydes is 1. The quantitative estimate of drug-likeness (QED) is 0.531. The van der Waals surface area contributed by atoms with Crippen LogP contribution in [0.4, 0.5) is 8.78 Å². The fourth-order valence-corrected chi connectivity index (χ4v) is 5.37. The van der Waals surface area contributed by atoms with Crippen LogP contribution in [0.25, 0.3) is 11.0 Å². The number of hydrogen-bond acceptors (Lipinski definition) is 3. The lowest BCUT2D eigenvalue weighted by Crippen LogP contribution is -2.38. The van der Waals surface area contributed by atoms with Gasteiger partial charge in [-0.3, -0.25) is 4.79 Å². The van der Waals surface area contributed by atoms with Gasteiger partial charge >= 0.3 is 0 Å². The number of aromatic nitrogens is 2. The van der Waals surface area contributed by atoms with Crippen LogP contribution in [-0.2, 0) is 29.1 Å². The fourth-order valence-electron chi connectivity index (χ4n) is 5.37. The molecule has 0 spiro atoms. The Balaban J connectivity index is 1.39. The van der Waals surface area contributed by atoms with Crippen molar-refractivity contribution in [2.75, 3.05) is 6.54 Å². The summed E-state index contributed by atoms with van der Waals surface area (Å²) in [4.78, 5) is 30.6. The average Bonchev–Trinajstić information content (AvgIpc) is 3.14. The molecule has 1 fully saturated rings. The molecule has 33 heavy (non-hydrogen) atoms. The minimum atomic E-state index is -0.604. The van der Waals surface area contributed by atoms with Gasteiger partial charge in [-0.15, -0.1) is 0 Å². The summed E-state index contributed by atoms with van der Waals surface area (Å²) < 4.78 is 29.8. The first-order valence-corrected chi connectivity index (χ1v) is 11.7. The van der Waals surface area contributed by atoms with E-state index in [4.69, 9.17) is 0 Å². The molecule has 1 aliphatic carbocycles. The Morgan fingerprint density at radius 1 is 1.15 bits per heavy atom. The van der Waals surface area contributed by atoms with Gasteiger partial charge in [0.25, 0.3) is 0 Å². The molecule has 0 unspecified atom stereocenters. The Morgan fingerprint density at radius 3 is 2.73 bits per heavy atom. The Kier molecular flexibility index (Phi) is 5.96. The van der Waals surface area contributed by atoms with Gasteiger partial charge in [-0.2, -0.15) is 0 Å². The maximum Gasteiger partial charge on any atom is 0.223 e. The van der Waals surface area contributed by atoms with E-state index in [1.165, 1.54) is 12.1 Å². The first kappa shape index (κ1) is 21.7. The highest BCUT2D eigenvalue weighted by Crippen LogP contribution is 2.33. The number of halogens is 2. The minimum absolute atomic E-state index is 0.132. The predicted octanol–water partition coefficient (Wildman–Crippen LogP) is 4.64. The van der Waals surface area contributed by atoms with E-state index >= 15 is 0 Å². The Labute approximate surface area is 191 Å². The summed E-state index contributed by atoms with van der Waals surface area (Å²) in [5, 5.41) is 1.02. The number of benzene rings is 1. The average molecular weight is 452 g/mol. The zero-order valence-electron chi connectivity index (χ0n) is 18.5. The second kappa shape index (κ2) is 9.04. The highest BCUT2D eigenvalue weighted by Gasteiger charge is 2.30. The van der Waals surface area contributed by atoms with E-state index in [2.05, 4.69) is 4.98 Å². The number of rotatable bonds is 5. The van der Waals surface area contributed by atoms with Crippen LogP contribution in [0, 0.1) is 23.5 Å². The van der Waals surface area contributed by atoms with Crippen molar-refractivity contribution < 1.29 is 18.4 Å². The molecule has 1 amide bonds. The number of hydrogen-bond donors (Lipinski definition) is 0. The molecule has 3 aromatic rings. The van der Waals surface area contributed by atoms with Crippen molar-refractivity contribution in [3.8, 4) is 0 Å². The third-order valence-electron chi connectivity index (χ3n) is 7.26. The maximum absolute atomic E-state index is 14.4. The van der Waals surface area contributed by atoms with Gasteiger partial charge in [-0.05, 0) is 61.8 Å². The summed E-state index contributed by atoms with van der Waals surface area (Å²) in [6.45, 7) is 1.33. The molecule has 1 aliphatic heterocycles. The standard InChI is InChI=1S/C26H27F2N3O2/c27-20-8-7-19(23(28)13-20)14-31-24-15-30(11-9-21(24)22-2-1-10-29-26(22)31)25(33)12-17-3-5-18(16-32)6-4-17/h1-2,7-8,10,13,16-18H,3-6,9,11-12,14-15H2. The molecule has 2 aromatic heterocycles. The van der Waals surface area contributed by atoms with Crippen LogP contribution in [0.5, 0.6) is 0 Å². The molecular weight excluding hydrogens is 424 g/mol. The van der Waals surface area contributed by atoms with E-state index in [-0.39, 0.29) is 18.4 Å². The minimum Gasteiger partial charge on any atom is -0.337 e. The van der Waals surface area contributed by atoms with Crippen LogP contribution in [0.3, 0.4) is 0 Å². The molecule has 0 radical (unpaired) electrons. The molecule has 3 heterocycles. The molecule has 0 bridgehead atoms. The SMILES string of the molecule is O=CC1CCC(CC(=O)N2CCc3c(n(Cc4ccc(F)cc4F)c4ncccc34)C2)CC1. The van der Waals surface area contributed by atoms with Gasteiger partial charge in [-0.1, -0.05) is 6.07 Å². The van der Waals surface area contributed by atoms with Crippen molar-refractivity contribution in [1.29, 1.82) is 0 Å². The lowest BCUT2D eigenvalue weighted by atomic mass is 9.81. The molecule has 0 saturated heterocycles. The summed E-state index contributed by atoms with van der Waals surface area (Å²) in [6, 6.07) is 7.53. The second-order valence-corrected chi connectivity index (χ2v) is 9.31. The van der Waals surface area contributed by atoms with E-state index in [9.17, 15) is 18.4 Å². The maximum atomic E-state index is 14.4. The zero-order valence-corrected chi connectivity index (χ0v) is 18.5. The molecule has 5 rings (SSSR count). The van der Waals surface area contributed by atoms with Gasteiger partial charge in [0.15, 0.2) is 0 Å². The Morgan fingerprint density at radius 2 is 1.97 bits per heavy atom. The van der Waals surface area contributed by atoms with E-state index in [1.807, 2.05) is 21.6 Å². The normalized spacial score (nSPS) is 20.6. The first-order valence-electron chi connectivity index (χ1n) is 11.7.